The van der Waals surface area contributed by atoms with Crippen LogP contribution in [0.3, 0.4) is 0 Å². The van der Waals surface area contributed by atoms with Gasteiger partial charge in [-0.1, -0.05) is 56.9 Å². The zero-order chi connectivity index (χ0) is 59.1. The molecule has 39 heteroatoms. The molecule has 0 aliphatic carbocycles. The van der Waals surface area contributed by atoms with Crippen molar-refractivity contribution in [1.29, 1.82) is 0 Å². The van der Waals surface area contributed by atoms with Crippen LogP contribution in [-0.2, 0) is 54.6 Å². The number of aryl methyl sites for hydroxylation is 4. The second-order valence-electron chi connectivity index (χ2n) is 14.7. The van der Waals surface area contributed by atoms with E-state index in [0.29, 0.717) is 41.8 Å². The Morgan fingerprint density at radius 1 is 0.519 bits per heavy atom. The van der Waals surface area contributed by atoms with Crippen molar-refractivity contribution in [3.8, 4) is 44.3 Å². The Hall–Kier alpha value is -8.98. The molecule has 12 aromatic rings. The fourth-order valence-corrected chi connectivity index (χ4v) is 8.22. The molecule has 0 spiro atoms. The molecule has 0 amide bonds. The van der Waals surface area contributed by atoms with Crippen molar-refractivity contribution in [3.63, 3.8) is 0 Å². The number of thiazole rings is 4. The lowest BCUT2D eigenvalue weighted by Crippen LogP contribution is -2.22. The van der Waals surface area contributed by atoms with Crippen LogP contribution in [0.4, 0.5) is 4.39 Å². The molecule has 79 heavy (non-hydrogen) atoms. The molecule has 0 aromatic carbocycles. The molecular formula is C40H33BrClFN20O12S4. The van der Waals surface area contributed by atoms with Crippen molar-refractivity contribution in [2.45, 2.75) is 26.4 Å². The van der Waals surface area contributed by atoms with Crippen molar-refractivity contribution >= 4 is 72.9 Å². The van der Waals surface area contributed by atoms with Crippen LogP contribution in [0.2, 0.25) is 5.02 Å². The van der Waals surface area contributed by atoms with Gasteiger partial charge >= 0.3 is 22.8 Å². The van der Waals surface area contributed by atoms with Gasteiger partial charge in [0.25, 0.3) is 20.8 Å². The molecule has 12 aromatic heterocycles. The highest BCUT2D eigenvalue weighted by Crippen LogP contribution is 2.29. The van der Waals surface area contributed by atoms with E-state index in [4.69, 9.17) is 53.7 Å². The van der Waals surface area contributed by atoms with Gasteiger partial charge < -0.3 is 36.6 Å². The number of ether oxygens (including phenoxy) is 4. The third-order valence-corrected chi connectivity index (χ3v) is 13.2. The summed E-state index contributed by atoms with van der Waals surface area (Å²) in [6.07, 6.45) is 5.50. The highest BCUT2D eigenvalue weighted by Gasteiger charge is 2.23. The largest absolute Gasteiger partial charge is 0.465 e. The number of nitrogens with zero attached hydrogens (tertiary/aromatic N) is 20. The Kier molecular flexibility index (Phi) is 15.7. The van der Waals surface area contributed by atoms with Gasteiger partial charge in [-0.25, -0.2) is 43.5 Å². The van der Waals surface area contributed by atoms with Crippen molar-refractivity contribution < 1.29 is 46.5 Å². The van der Waals surface area contributed by atoms with Crippen LogP contribution in [0, 0.1) is 5.82 Å². The molecule has 12 heterocycles. The lowest BCUT2D eigenvalue weighted by atomic mass is 10.3. The van der Waals surface area contributed by atoms with Crippen molar-refractivity contribution in [2.75, 3.05) is 0 Å². The highest BCUT2D eigenvalue weighted by molar-refractivity contribution is 9.10. The van der Waals surface area contributed by atoms with Crippen LogP contribution in [-0.4, -0.2) is 99.1 Å². The smallest absolute Gasteiger partial charge is 0.370 e. The van der Waals surface area contributed by atoms with Crippen LogP contribution in [0.25, 0.3) is 23.5 Å². The summed E-state index contributed by atoms with van der Waals surface area (Å²) in [5, 5.41) is 36.8. The van der Waals surface area contributed by atoms with Crippen LogP contribution < -0.4 is 41.7 Å². The minimum absolute atomic E-state index is 0.0133. The van der Waals surface area contributed by atoms with Gasteiger partial charge in [-0.3, -0.25) is 0 Å². The van der Waals surface area contributed by atoms with Crippen LogP contribution in [0.5, 0.6) is 20.8 Å². The van der Waals surface area contributed by atoms with Gasteiger partial charge in [0.2, 0.25) is 23.5 Å². The molecule has 0 N–H and O–H groups in total. The standard InChI is InChI=1S/C10H8BrN5O3S.C10H8ClN5O3S.C10H8FN5O3S.C10H9N5O3S/c3*1-15-10(17)16(14-13-15)8-6(7(11)5-18-8)4-19-9-12-2-3-20-9;1-14-10(16)15(13-12-14)8-7(2-4-17-8)6-18-9-11-3-5-19-9/h3*2-3,5H,4H2,1H3;2-5H,6H2,1H3/i3*2T;3T. The first-order valence-corrected chi connectivity index (χ1v) is 26.0. The maximum absolute atomic E-state index is 13.7. The van der Waals surface area contributed by atoms with Gasteiger partial charge in [0.1, 0.15) is 45.2 Å². The Morgan fingerprint density at radius 3 is 1.30 bits per heavy atom. The van der Waals surface area contributed by atoms with E-state index in [1.807, 2.05) is 0 Å². The zero-order valence-corrected chi connectivity index (χ0v) is 45.7. The first kappa shape index (κ1) is 49.6. The molecular weight excluding hydrogens is 1220 g/mol. The first-order chi connectivity index (χ1) is 39.8. The zero-order valence-electron chi connectivity index (χ0n) is 44.1. The summed E-state index contributed by atoms with van der Waals surface area (Å²) in [5.74, 6) is -0.160. The van der Waals surface area contributed by atoms with E-state index in [1.165, 1.54) is 86.4 Å². The van der Waals surface area contributed by atoms with Crippen molar-refractivity contribution in [3.05, 3.63) is 157 Å². The van der Waals surface area contributed by atoms with Gasteiger partial charge in [-0.05, 0) is 63.7 Å². The lowest BCUT2D eigenvalue weighted by Gasteiger charge is -2.02. The van der Waals surface area contributed by atoms with Gasteiger partial charge in [-0.2, -0.15) is 18.7 Å². The second kappa shape index (κ2) is 25.0. The molecule has 0 fully saturated rings. The monoisotopic (exact) mass is 1250 g/mol. The summed E-state index contributed by atoms with van der Waals surface area (Å²) in [7, 11) is 5.87. The first-order valence-electron chi connectivity index (χ1n) is 23.3. The van der Waals surface area contributed by atoms with Gasteiger partial charge in [0.05, 0.1) is 43.5 Å². The Bertz CT molecular complexity index is 4080. The van der Waals surface area contributed by atoms with Gasteiger partial charge in [0.15, 0.2) is 5.82 Å². The minimum atomic E-state index is -0.676. The molecule has 0 bridgehead atoms. The number of hydrogen-bond acceptors (Lipinski definition) is 28. The van der Waals surface area contributed by atoms with Crippen LogP contribution in [0.1, 0.15) is 27.7 Å². The minimum Gasteiger partial charge on any atom is -0.465 e. The quantitative estimate of drug-likeness (QED) is 0.132. The topological polar surface area (TPSA) is 352 Å². The normalized spacial score (nSPS) is 11.6. The maximum Gasteiger partial charge on any atom is 0.370 e. The summed E-state index contributed by atoms with van der Waals surface area (Å²) in [6.45, 7) is 0.0818. The van der Waals surface area contributed by atoms with E-state index in [2.05, 4.69) is 77.6 Å². The van der Waals surface area contributed by atoms with E-state index < -0.39 is 28.6 Å². The molecule has 0 aliphatic rings. The number of aromatic nitrogens is 20. The summed E-state index contributed by atoms with van der Waals surface area (Å²) in [4.78, 5) is 62.6. The average Bonchev–Trinajstić information content (AvgIpc) is 4.29. The van der Waals surface area contributed by atoms with E-state index in [1.54, 1.807) is 22.2 Å². The third kappa shape index (κ3) is 12.7. The van der Waals surface area contributed by atoms with Crippen LogP contribution >= 0.6 is 72.9 Å². The molecule has 0 unspecified atom stereocenters. The van der Waals surface area contributed by atoms with Gasteiger partial charge in [0, 0.05) is 74.4 Å². The Labute approximate surface area is 471 Å². The number of hydrogen-bond donors (Lipinski definition) is 0. The molecule has 0 aliphatic heterocycles. The maximum atomic E-state index is 13.7. The van der Waals surface area contributed by atoms with E-state index in [-0.39, 0.29) is 85.4 Å². The molecule has 0 radical (unpaired) electrons. The number of halogens is 3. The third-order valence-electron chi connectivity index (χ3n) is 9.69. The summed E-state index contributed by atoms with van der Waals surface area (Å²) in [5.41, 5.74) is -0.197. The molecule has 12 rings (SSSR count). The van der Waals surface area contributed by atoms with Crippen molar-refractivity contribution in [2.24, 2.45) is 28.2 Å². The number of tetrazole rings is 4. The molecule has 32 nitrogen and oxygen atoms in total. The molecule has 0 saturated heterocycles. The molecule has 0 atom stereocenters. The number of furan rings is 4. The summed E-state index contributed by atoms with van der Waals surface area (Å²) < 4.78 is 94.3. The molecule has 410 valence electrons. The SMILES string of the molecule is [3H]c1csc(OCc2c(Br)coc2-n2nnn(C)c2=O)n1.[3H]c1csc(OCc2c(Cl)coc2-n2nnn(C)c2=O)n1.[3H]c1csc(OCc2c(F)coc2-n2nnn(C)c2=O)n1.[3H]c1csc(OCc2ccoc2-n2nnn(C)c2=O)n1. The lowest BCUT2D eigenvalue weighted by molar-refractivity contribution is 0.297. The highest BCUT2D eigenvalue weighted by atomic mass is 79.9. The van der Waals surface area contributed by atoms with Crippen molar-refractivity contribution in [1.82, 2.24) is 99.1 Å². The van der Waals surface area contributed by atoms with Crippen LogP contribution in [0.15, 0.2) is 119 Å². The average molecular weight is 1260 g/mol. The van der Waals surface area contributed by atoms with E-state index in [9.17, 15) is 23.6 Å². The van der Waals surface area contributed by atoms with Gasteiger partial charge in [-0.15, -0.1) is 18.7 Å². The summed E-state index contributed by atoms with van der Waals surface area (Å²) in [6, 6.07) is 1.67. The molecule has 0 saturated carbocycles. The fraction of sp³-hybridized carbons (Fsp3) is 0.200. The van der Waals surface area contributed by atoms with E-state index in [0.717, 1.165) is 55.1 Å². The predicted octanol–water partition coefficient (Wildman–Crippen LogP) is 3.93. The second-order valence-corrected chi connectivity index (χ2v) is 19.2. The summed E-state index contributed by atoms with van der Waals surface area (Å²) >= 11 is 14.1. The Morgan fingerprint density at radius 2 is 0.886 bits per heavy atom. The van der Waals surface area contributed by atoms with E-state index >= 15 is 0 Å². The number of rotatable bonds is 16. The Balaban J connectivity index is 0.000000133. The predicted molar refractivity (Wildman–Crippen MR) is 274 cm³/mol. The fourth-order valence-electron chi connectivity index (χ4n) is 5.90.